The molecule has 0 spiro atoms. The molecule has 1 aromatic carbocycles. The predicted octanol–water partition coefficient (Wildman–Crippen LogP) is 0.476. The highest BCUT2D eigenvalue weighted by Gasteiger charge is 2.20. The summed E-state index contributed by atoms with van der Waals surface area (Å²) in [5.74, 6) is -1.30. The standard InChI is InChI=1S/C10H13ClFN3O3S/c1-2-14-10(16)5-15-19(17,18)9-4-8(13)7(12)3-6(9)11/h3-4,15H,2,5,13H2,1H3,(H,14,16). The summed E-state index contributed by atoms with van der Waals surface area (Å²) in [7, 11) is -4.03. The van der Waals surface area contributed by atoms with Crippen molar-refractivity contribution in [1.29, 1.82) is 0 Å². The van der Waals surface area contributed by atoms with E-state index in [0.717, 1.165) is 12.1 Å². The van der Waals surface area contributed by atoms with Gasteiger partial charge in [0.2, 0.25) is 15.9 Å². The second-order valence-corrected chi connectivity index (χ2v) is 5.72. The highest BCUT2D eigenvalue weighted by Crippen LogP contribution is 2.25. The van der Waals surface area contributed by atoms with Crippen LogP contribution < -0.4 is 15.8 Å². The molecule has 1 rings (SSSR count). The molecule has 1 aromatic rings. The van der Waals surface area contributed by atoms with E-state index in [-0.39, 0.29) is 15.6 Å². The van der Waals surface area contributed by atoms with E-state index < -0.39 is 28.3 Å². The van der Waals surface area contributed by atoms with Crippen molar-refractivity contribution in [3.8, 4) is 0 Å². The molecule has 0 aliphatic heterocycles. The Morgan fingerprint density at radius 1 is 1.47 bits per heavy atom. The molecule has 0 saturated carbocycles. The summed E-state index contributed by atoms with van der Waals surface area (Å²) in [4.78, 5) is 10.8. The summed E-state index contributed by atoms with van der Waals surface area (Å²) in [5, 5.41) is 2.11. The van der Waals surface area contributed by atoms with Gasteiger partial charge in [-0.15, -0.1) is 0 Å². The first kappa shape index (κ1) is 15.7. The number of nitrogens with two attached hydrogens (primary N) is 1. The van der Waals surface area contributed by atoms with E-state index >= 15 is 0 Å². The molecule has 9 heteroatoms. The van der Waals surface area contributed by atoms with Crippen LogP contribution >= 0.6 is 11.6 Å². The second-order valence-electron chi connectivity index (χ2n) is 3.58. The van der Waals surface area contributed by atoms with E-state index in [4.69, 9.17) is 17.3 Å². The molecule has 6 nitrogen and oxygen atoms in total. The Kier molecular flexibility index (Phi) is 5.10. The highest BCUT2D eigenvalue weighted by atomic mass is 35.5. The molecule has 4 N–H and O–H groups in total. The van der Waals surface area contributed by atoms with Crippen molar-refractivity contribution in [3.05, 3.63) is 23.0 Å². The molecule has 0 radical (unpaired) electrons. The number of hydrogen-bond donors (Lipinski definition) is 3. The molecular weight excluding hydrogens is 297 g/mol. The van der Waals surface area contributed by atoms with Crippen molar-refractivity contribution in [3.63, 3.8) is 0 Å². The zero-order chi connectivity index (χ0) is 14.6. The number of sulfonamides is 1. The molecule has 0 fully saturated rings. The van der Waals surface area contributed by atoms with Crippen LogP contribution in [-0.2, 0) is 14.8 Å². The van der Waals surface area contributed by atoms with Gasteiger partial charge in [0.1, 0.15) is 10.7 Å². The Morgan fingerprint density at radius 2 is 2.11 bits per heavy atom. The van der Waals surface area contributed by atoms with Crippen LogP contribution in [-0.4, -0.2) is 27.4 Å². The maximum atomic E-state index is 13.1. The number of amides is 1. The molecule has 106 valence electrons. The quantitative estimate of drug-likeness (QED) is 0.688. The summed E-state index contributed by atoms with van der Waals surface area (Å²) in [5.41, 5.74) is 4.94. The Labute approximate surface area is 115 Å². The van der Waals surface area contributed by atoms with Gasteiger partial charge >= 0.3 is 0 Å². The van der Waals surface area contributed by atoms with Crippen molar-refractivity contribution in [2.45, 2.75) is 11.8 Å². The number of nitrogens with one attached hydrogen (secondary N) is 2. The fourth-order valence-corrected chi connectivity index (χ4v) is 2.78. The van der Waals surface area contributed by atoms with Gasteiger partial charge in [0.05, 0.1) is 17.3 Å². The zero-order valence-corrected chi connectivity index (χ0v) is 11.6. The average molecular weight is 310 g/mol. The minimum absolute atomic E-state index is 0.310. The van der Waals surface area contributed by atoms with Gasteiger partial charge in [-0.1, -0.05) is 11.6 Å². The number of rotatable bonds is 5. The van der Waals surface area contributed by atoms with Crippen LogP contribution in [0.25, 0.3) is 0 Å². The maximum absolute atomic E-state index is 13.1. The first-order valence-corrected chi connectivity index (χ1v) is 7.15. The number of hydrogen-bond acceptors (Lipinski definition) is 4. The Morgan fingerprint density at radius 3 is 2.68 bits per heavy atom. The van der Waals surface area contributed by atoms with Crippen LogP contribution in [0.1, 0.15) is 6.92 Å². The topological polar surface area (TPSA) is 101 Å². The molecule has 0 bridgehead atoms. The number of nitrogen functional groups attached to an aromatic ring is 1. The van der Waals surface area contributed by atoms with Crippen LogP contribution in [0.3, 0.4) is 0 Å². The fraction of sp³-hybridized carbons (Fsp3) is 0.300. The minimum atomic E-state index is -4.03. The van der Waals surface area contributed by atoms with Gasteiger partial charge in [0.15, 0.2) is 0 Å². The second kappa shape index (κ2) is 6.18. The van der Waals surface area contributed by atoms with E-state index in [2.05, 4.69) is 5.32 Å². The van der Waals surface area contributed by atoms with E-state index in [0.29, 0.717) is 6.54 Å². The number of benzene rings is 1. The molecule has 0 aromatic heterocycles. The van der Waals surface area contributed by atoms with Gasteiger partial charge in [0.25, 0.3) is 0 Å². The third-order valence-electron chi connectivity index (χ3n) is 2.14. The number of likely N-dealkylation sites (N-methyl/N-ethyl adjacent to an activating group) is 1. The lowest BCUT2D eigenvalue weighted by Gasteiger charge is -2.09. The molecule has 1 amide bonds. The zero-order valence-electron chi connectivity index (χ0n) is 10.0. The first-order chi connectivity index (χ1) is 8.77. The Balaban J connectivity index is 2.95. The summed E-state index contributed by atoms with van der Waals surface area (Å²) in [6.07, 6.45) is 0. The van der Waals surface area contributed by atoms with Gasteiger partial charge in [-0.2, -0.15) is 0 Å². The lowest BCUT2D eigenvalue weighted by atomic mass is 10.3. The van der Waals surface area contributed by atoms with Gasteiger partial charge in [-0.25, -0.2) is 17.5 Å². The molecule has 0 atom stereocenters. The van der Waals surface area contributed by atoms with Crippen molar-refractivity contribution in [2.75, 3.05) is 18.8 Å². The predicted molar refractivity (Wildman–Crippen MR) is 69.7 cm³/mol. The van der Waals surface area contributed by atoms with Gasteiger partial charge in [0, 0.05) is 6.54 Å². The third-order valence-corrected chi connectivity index (χ3v) is 4.00. The first-order valence-electron chi connectivity index (χ1n) is 5.28. The Bertz CT molecular complexity index is 592. The summed E-state index contributed by atoms with van der Waals surface area (Å²) >= 11 is 5.65. The fourth-order valence-electron chi connectivity index (χ4n) is 1.25. The van der Waals surface area contributed by atoms with Crippen molar-refractivity contribution in [1.82, 2.24) is 10.0 Å². The molecule has 19 heavy (non-hydrogen) atoms. The van der Waals surface area contributed by atoms with Gasteiger partial charge < -0.3 is 11.1 Å². The van der Waals surface area contributed by atoms with E-state index in [1.807, 2.05) is 4.72 Å². The lowest BCUT2D eigenvalue weighted by molar-refractivity contribution is -0.119. The maximum Gasteiger partial charge on any atom is 0.242 e. The van der Waals surface area contributed by atoms with Crippen LogP contribution in [0.4, 0.5) is 10.1 Å². The monoisotopic (exact) mass is 309 g/mol. The molecule has 0 saturated heterocycles. The Hall–Kier alpha value is -1.38. The smallest absolute Gasteiger partial charge is 0.242 e. The van der Waals surface area contributed by atoms with Crippen LogP contribution in [0.15, 0.2) is 17.0 Å². The van der Waals surface area contributed by atoms with Crippen molar-refractivity contribution >= 4 is 33.2 Å². The van der Waals surface area contributed by atoms with Crippen LogP contribution in [0.2, 0.25) is 5.02 Å². The molecule has 0 heterocycles. The van der Waals surface area contributed by atoms with Gasteiger partial charge in [-0.05, 0) is 19.1 Å². The molecule has 0 unspecified atom stereocenters. The van der Waals surface area contributed by atoms with E-state index in [1.54, 1.807) is 6.92 Å². The van der Waals surface area contributed by atoms with Crippen molar-refractivity contribution in [2.24, 2.45) is 0 Å². The summed E-state index contributed by atoms with van der Waals surface area (Å²) in [6.45, 7) is 1.64. The summed E-state index contributed by atoms with van der Waals surface area (Å²) < 4.78 is 38.9. The van der Waals surface area contributed by atoms with Crippen molar-refractivity contribution < 1.29 is 17.6 Å². The van der Waals surface area contributed by atoms with Gasteiger partial charge in [-0.3, -0.25) is 4.79 Å². The third kappa shape index (κ3) is 4.05. The van der Waals surface area contributed by atoms with Crippen LogP contribution in [0.5, 0.6) is 0 Å². The SMILES string of the molecule is CCNC(=O)CNS(=O)(=O)c1cc(N)c(F)cc1Cl. The number of anilines is 1. The highest BCUT2D eigenvalue weighted by molar-refractivity contribution is 7.89. The molecule has 0 aliphatic carbocycles. The molecular formula is C10H13ClFN3O3S. The normalized spacial score (nSPS) is 11.3. The lowest BCUT2D eigenvalue weighted by Crippen LogP contribution is -2.36. The number of carbonyl (C=O) groups is 1. The minimum Gasteiger partial charge on any atom is -0.396 e. The number of carbonyl (C=O) groups excluding carboxylic acids is 1. The summed E-state index contributed by atoms with van der Waals surface area (Å²) in [6, 6.07) is 1.70. The number of halogens is 2. The molecule has 0 aliphatic rings. The van der Waals surface area contributed by atoms with E-state index in [1.165, 1.54) is 0 Å². The largest absolute Gasteiger partial charge is 0.396 e. The van der Waals surface area contributed by atoms with E-state index in [9.17, 15) is 17.6 Å². The van der Waals surface area contributed by atoms with Crippen LogP contribution in [0, 0.1) is 5.82 Å². The average Bonchev–Trinajstić information content (AvgIpc) is 2.31.